The first-order valence-electron chi connectivity index (χ1n) is 19.3. The number of halogens is 1. The van der Waals surface area contributed by atoms with E-state index in [-0.39, 0.29) is 30.2 Å². The van der Waals surface area contributed by atoms with Crippen LogP contribution in [-0.4, -0.2) is 19.3 Å². The van der Waals surface area contributed by atoms with E-state index < -0.39 is 0 Å². The van der Waals surface area contributed by atoms with E-state index in [0.29, 0.717) is 0 Å². The molecule has 2 unspecified atom stereocenters. The number of allylic oxidation sites excluding steroid dienone is 2. The summed E-state index contributed by atoms with van der Waals surface area (Å²) in [5.74, 6) is 2.67. The first-order chi connectivity index (χ1) is 22.8. The molecule has 0 saturated carbocycles. The molecular formula is C42H65IN2O2. The molecule has 0 fully saturated rings. The molecule has 0 aliphatic carbocycles. The molecule has 2 aliphatic rings. The topological polar surface area (TPSA) is 30.5 Å². The number of ether oxygens (including phenoxy) is 2. The van der Waals surface area contributed by atoms with Gasteiger partial charge in [0.25, 0.3) is 6.23 Å². The van der Waals surface area contributed by atoms with Gasteiger partial charge in [0.1, 0.15) is 0 Å². The molecule has 1 N–H and O–H groups in total. The normalized spacial score (nSPS) is 18.9. The number of rotatable bonds is 25. The lowest BCUT2D eigenvalue weighted by atomic mass is 10.0. The second-order valence-corrected chi connectivity index (χ2v) is 13.8. The Balaban J connectivity index is 0.00000600. The van der Waals surface area contributed by atoms with Crippen LogP contribution >= 0.6 is 0 Å². The molecule has 2 aromatic carbocycles. The van der Waals surface area contributed by atoms with Crippen LogP contribution in [0.5, 0.6) is 11.5 Å². The first kappa shape index (κ1) is 39.4. The Morgan fingerprint density at radius 2 is 1.11 bits per heavy atom. The summed E-state index contributed by atoms with van der Waals surface area (Å²) in [5, 5.41) is 3.36. The number of hydrogen-bond donors (Lipinski definition) is 1. The zero-order valence-corrected chi connectivity index (χ0v) is 32.0. The van der Waals surface area contributed by atoms with Crippen molar-refractivity contribution in [1.82, 2.24) is 4.48 Å². The molecule has 2 atom stereocenters. The van der Waals surface area contributed by atoms with E-state index in [2.05, 4.69) is 55.6 Å². The van der Waals surface area contributed by atoms with Crippen molar-refractivity contribution in [3.8, 4) is 11.5 Å². The number of hydrogen-bond acceptors (Lipinski definition) is 3. The smallest absolute Gasteiger partial charge is 0.258 e. The number of benzene rings is 2. The number of fused-ring (bicyclic) bond motifs is 2. The Labute approximate surface area is 305 Å². The fourth-order valence-electron chi connectivity index (χ4n) is 7.40. The predicted molar refractivity (Wildman–Crippen MR) is 199 cm³/mol. The van der Waals surface area contributed by atoms with Gasteiger partial charge in [-0.05, 0) is 43.5 Å². The lowest BCUT2D eigenvalue weighted by Gasteiger charge is -2.36. The van der Waals surface area contributed by atoms with Crippen LogP contribution < -0.4 is 43.3 Å². The second kappa shape index (κ2) is 23.4. The summed E-state index contributed by atoms with van der Waals surface area (Å²) in [5.41, 5.74) is 2.36. The van der Waals surface area contributed by atoms with E-state index in [4.69, 9.17) is 9.47 Å². The Morgan fingerprint density at radius 3 is 1.66 bits per heavy atom. The Bertz CT molecular complexity index is 1150. The van der Waals surface area contributed by atoms with Gasteiger partial charge in [0.2, 0.25) is 0 Å². The lowest BCUT2D eigenvalue weighted by molar-refractivity contribution is -0.0000107. The number of nitrogens with zero attached hydrogens (tertiary/aromatic N) is 1. The zero-order valence-electron chi connectivity index (χ0n) is 29.8. The van der Waals surface area contributed by atoms with E-state index >= 15 is 0 Å². The summed E-state index contributed by atoms with van der Waals surface area (Å²) in [6.45, 7) is 6.81. The van der Waals surface area contributed by atoms with Crippen molar-refractivity contribution >= 4 is 11.4 Å². The van der Waals surface area contributed by atoms with Gasteiger partial charge in [0.05, 0.1) is 18.8 Å². The SMILES string of the molecule is CCCCCCCCCCCCCCCCCCCCCC[N+]1(CCC)c2ccccc2OC1C=CC=C1Nc2ccccc2O1.[I-]. The zero-order chi connectivity index (χ0) is 32.1. The van der Waals surface area contributed by atoms with Crippen LogP contribution in [0, 0.1) is 0 Å². The number of anilines is 1. The lowest BCUT2D eigenvalue weighted by Crippen LogP contribution is -3.00. The highest BCUT2D eigenvalue weighted by atomic mass is 127. The summed E-state index contributed by atoms with van der Waals surface area (Å²) in [7, 11) is 0. The monoisotopic (exact) mass is 756 g/mol. The molecule has 2 aromatic rings. The highest BCUT2D eigenvalue weighted by Gasteiger charge is 2.46. The van der Waals surface area contributed by atoms with Crippen molar-refractivity contribution in [2.24, 2.45) is 0 Å². The standard InChI is InChI=1S/C42H65N2O2.HI/c1-3-5-6-7-8-9-10-11-12-13-14-15-16-17-18-19-20-21-22-27-36-44(35-4-2)38-30-24-26-32-40(38)46-42(44)34-28-33-41-43-37-29-23-25-31-39(37)45-41;/h23-26,28-34,42-43H,3-22,27,35-36H2,1-2H3;1H/q+1;/p-1. The molecule has 2 aliphatic heterocycles. The van der Waals surface area contributed by atoms with Gasteiger partial charge in [-0.1, -0.05) is 160 Å². The van der Waals surface area contributed by atoms with Crippen molar-refractivity contribution < 1.29 is 33.5 Å². The van der Waals surface area contributed by atoms with Gasteiger partial charge in [-0.2, -0.15) is 0 Å². The van der Waals surface area contributed by atoms with Crippen molar-refractivity contribution in [2.75, 3.05) is 18.4 Å². The molecule has 262 valence electrons. The minimum absolute atomic E-state index is 0. The largest absolute Gasteiger partial charge is 1.00 e. The predicted octanol–water partition coefficient (Wildman–Crippen LogP) is 9.85. The average molecular weight is 757 g/mol. The minimum atomic E-state index is -0.0155. The second-order valence-electron chi connectivity index (χ2n) is 13.8. The Kier molecular flexibility index (Phi) is 19.6. The van der Waals surface area contributed by atoms with Gasteiger partial charge in [0.15, 0.2) is 23.1 Å². The van der Waals surface area contributed by atoms with Crippen LogP contribution in [0.2, 0.25) is 0 Å². The fourth-order valence-corrected chi connectivity index (χ4v) is 7.40. The van der Waals surface area contributed by atoms with Crippen LogP contribution in [0.15, 0.2) is 72.6 Å². The number of nitrogens with one attached hydrogen (secondary N) is 1. The van der Waals surface area contributed by atoms with Crippen LogP contribution in [0.25, 0.3) is 0 Å². The van der Waals surface area contributed by atoms with Gasteiger partial charge in [-0.3, -0.25) is 0 Å². The molecule has 0 bridgehead atoms. The van der Waals surface area contributed by atoms with Crippen LogP contribution in [-0.2, 0) is 0 Å². The molecule has 0 saturated heterocycles. The van der Waals surface area contributed by atoms with E-state index in [9.17, 15) is 0 Å². The summed E-state index contributed by atoms with van der Waals surface area (Å²) in [6, 6.07) is 16.7. The van der Waals surface area contributed by atoms with E-state index in [1.165, 1.54) is 134 Å². The van der Waals surface area contributed by atoms with E-state index in [1.54, 1.807) is 0 Å². The van der Waals surface area contributed by atoms with Crippen molar-refractivity contribution in [3.63, 3.8) is 0 Å². The van der Waals surface area contributed by atoms with Gasteiger partial charge < -0.3 is 38.8 Å². The third-order valence-electron chi connectivity index (χ3n) is 10.0. The summed E-state index contributed by atoms with van der Waals surface area (Å²) in [6.07, 6.45) is 35.8. The third-order valence-corrected chi connectivity index (χ3v) is 10.0. The first-order valence-corrected chi connectivity index (χ1v) is 19.3. The molecule has 4 nitrogen and oxygen atoms in total. The minimum Gasteiger partial charge on any atom is -1.00 e. The van der Waals surface area contributed by atoms with E-state index in [1.807, 2.05) is 30.3 Å². The maximum Gasteiger partial charge on any atom is 0.258 e. The van der Waals surface area contributed by atoms with Crippen LogP contribution in [0.1, 0.15) is 149 Å². The molecule has 0 spiro atoms. The van der Waals surface area contributed by atoms with Gasteiger partial charge in [0, 0.05) is 12.1 Å². The molecule has 0 radical (unpaired) electrons. The number of para-hydroxylation sites is 4. The van der Waals surface area contributed by atoms with E-state index in [0.717, 1.165) is 47.1 Å². The summed E-state index contributed by atoms with van der Waals surface area (Å²) in [4.78, 5) is 0. The molecule has 0 aromatic heterocycles. The van der Waals surface area contributed by atoms with Crippen molar-refractivity contribution in [3.05, 3.63) is 72.6 Å². The molecule has 2 heterocycles. The van der Waals surface area contributed by atoms with Gasteiger partial charge in [-0.15, -0.1) is 0 Å². The average Bonchev–Trinajstić information content (AvgIpc) is 3.62. The summed E-state index contributed by atoms with van der Waals surface area (Å²) < 4.78 is 13.4. The highest BCUT2D eigenvalue weighted by molar-refractivity contribution is 5.64. The maximum absolute atomic E-state index is 6.59. The van der Waals surface area contributed by atoms with Gasteiger partial charge in [-0.25, -0.2) is 4.48 Å². The summed E-state index contributed by atoms with van der Waals surface area (Å²) >= 11 is 0. The molecule has 5 heteroatoms. The quantitative estimate of drug-likeness (QED) is 0.0622. The molecule has 4 rings (SSSR count). The third kappa shape index (κ3) is 13.1. The van der Waals surface area contributed by atoms with Crippen LogP contribution in [0.3, 0.4) is 0 Å². The molecule has 47 heavy (non-hydrogen) atoms. The van der Waals surface area contributed by atoms with Crippen molar-refractivity contribution in [1.29, 1.82) is 0 Å². The van der Waals surface area contributed by atoms with Gasteiger partial charge >= 0.3 is 0 Å². The maximum atomic E-state index is 6.59. The Hall–Kier alpha value is -1.99. The van der Waals surface area contributed by atoms with Crippen LogP contribution in [0.4, 0.5) is 11.4 Å². The Morgan fingerprint density at radius 1 is 0.596 bits per heavy atom. The molecular weight excluding hydrogens is 691 g/mol. The fraction of sp³-hybridized carbons (Fsp3) is 0.619. The molecule has 0 amide bonds. The highest BCUT2D eigenvalue weighted by Crippen LogP contribution is 2.44. The number of unbranched alkanes of at least 4 members (excludes halogenated alkanes) is 19. The number of quaternary nitrogens is 1. The van der Waals surface area contributed by atoms with Crippen molar-refractivity contribution in [2.45, 2.75) is 155 Å².